The molecule has 1 heterocycles. The van der Waals surface area contributed by atoms with Crippen LogP contribution in [0.25, 0.3) is 0 Å². The van der Waals surface area contributed by atoms with Crippen LogP contribution in [0.3, 0.4) is 0 Å². The third-order valence-corrected chi connectivity index (χ3v) is 5.44. The highest BCUT2D eigenvalue weighted by Crippen LogP contribution is 2.26. The van der Waals surface area contributed by atoms with E-state index < -0.39 is 0 Å². The minimum Gasteiger partial charge on any atom is -0.497 e. The summed E-state index contributed by atoms with van der Waals surface area (Å²) in [6, 6.07) is 12.5. The van der Waals surface area contributed by atoms with Crippen LogP contribution in [0, 0.1) is 20.8 Å². The molecule has 0 aliphatic carbocycles. The molecule has 0 aromatic heterocycles. The number of carbonyl (C=O) groups is 1. The number of methoxy groups -OCH3 is 1. The van der Waals surface area contributed by atoms with E-state index in [0.717, 1.165) is 35.5 Å². The lowest BCUT2D eigenvalue weighted by Gasteiger charge is -2.28. The summed E-state index contributed by atoms with van der Waals surface area (Å²) >= 11 is 0. The summed E-state index contributed by atoms with van der Waals surface area (Å²) in [7, 11) is 1.68. The molecule has 1 saturated heterocycles. The maximum absolute atomic E-state index is 12.9. The van der Waals surface area contributed by atoms with Crippen LogP contribution in [-0.2, 0) is 0 Å². The molecule has 1 amide bonds. The van der Waals surface area contributed by atoms with E-state index in [9.17, 15) is 4.79 Å². The predicted molar refractivity (Wildman–Crippen MR) is 110 cm³/mol. The molecule has 1 aliphatic heterocycles. The average Bonchev–Trinajstić information content (AvgIpc) is 3.16. The lowest BCUT2D eigenvalue weighted by Crippen LogP contribution is -2.37. The highest BCUT2D eigenvalue weighted by atomic mass is 16.5. The van der Waals surface area contributed by atoms with E-state index in [1.807, 2.05) is 26.0 Å². The summed E-state index contributed by atoms with van der Waals surface area (Å²) in [6.45, 7) is 8.85. The van der Waals surface area contributed by atoms with Crippen molar-refractivity contribution in [1.29, 1.82) is 0 Å². The molecule has 4 nitrogen and oxygen atoms in total. The van der Waals surface area contributed by atoms with Crippen LogP contribution >= 0.6 is 0 Å². The van der Waals surface area contributed by atoms with Crippen molar-refractivity contribution in [2.24, 2.45) is 0 Å². The van der Waals surface area contributed by atoms with Crippen molar-refractivity contribution < 1.29 is 9.53 Å². The van der Waals surface area contributed by atoms with Crippen molar-refractivity contribution in [3.63, 3.8) is 0 Å². The summed E-state index contributed by atoms with van der Waals surface area (Å²) in [6.07, 6.45) is 2.44. The number of hydrogen-bond donors (Lipinski definition) is 1. The molecule has 0 radical (unpaired) electrons. The van der Waals surface area contributed by atoms with Gasteiger partial charge in [-0.3, -0.25) is 9.69 Å². The molecule has 1 unspecified atom stereocenters. The Hall–Kier alpha value is -2.33. The number of likely N-dealkylation sites (tertiary alicyclic amines) is 1. The number of rotatable bonds is 6. The smallest absolute Gasteiger partial charge is 0.251 e. The molecule has 3 rings (SSSR count). The fraction of sp³-hybridized carbons (Fsp3) is 0.435. The summed E-state index contributed by atoms with van der Waals surface area (Å²) in [5.74, 6) is 0.872. The normalized spacial score (nSPS) is 15.6. The van der Waals surface area contributed by atoms with E-state index in [-0.39, 0.29) is 11.9 Å². The molecule has 0 saturated carbocycles. The number of benzene rings is 2. The molecule has 144 valence electrons. The van der Waals surface area contributed by atoms with Gasteiger partial charge in [0.1, 0.15) is 5.75 Å². The Morgan fingerprint density at radius 1 is 1.07 bits per heavy atom. The van der Waals surface area contributed by atoms with Crippen LogP contribution < -0.4 is 10.1 Å². The second kappa shape index (κ2) is 8.57. The average molecular weight is 367 g/mol. The molecule has 0 bridgehead atoms. The summed E-state index contributed by atoms with van der Waals surface area (Å²) < 4.78 is 5.28. The molecular weight excluding hydrogens is 336 g/mol. The first-order valence-electron chi connectivity index (χ1n) is 9.73. The third kappa shape index (κ3) is 4.51. The van der Waals surface area contributed by atoms with Crippen molar-refractivity contribution in [1.82, 2.24) is 10.2 Å². The van der Waals surface area contributed by atoms with Gasteiger partial charge < -0.3 is 10.1 Å². The molecular formula is C23H30N2O2. The van der Waals surface area contributed by atoms with Crippen molar-refractivity contribution in [3.05, 3.63) is 64.2 Å². The molecule has 27 heavy (non-hydrogen) atoms. The number of hydrogen-bond acceptors (Lipinski definition) is 3. The van der Waals surface area contributed by atoms with Gasteiger partial charge in [-0.1, -0.05) is 29.8 Å². The molecule has 1 aliphatic rings. The van der Waals surface area contributed by atoms with Crippen LogP contribution in [0.4, 0.5) is 0 Å². The van der Waals surface area contributed by atoms with Gasteiger partial charge in [-0.25, -0.2) is 0 Å². The van der Waals surface area contributed by atoms with Crippen LogP contribution in [0.1, 0.15) is 51.5 Å². The minimum absolute atomic E-state index is 0.0164. The quantitative estimate of drug-likeness (QED) is 0.834. The van der Waals surface area contributed by atoms with E-state index in [2.05, 4.69) is 41.4 Å². The third-order valence-electron chi connectivity index (χ3n) is 5.44. The maximum Gasteiger partial charge on any atom is 0.251 e. The van der Waals surface area contributed by atoms with Gasteiger partial charge in [0.15, 0.2) is 0 Å². The van der Waals surface area contributed by atoms with E-state index >= 15 is 0 Å². The summed E-state index contributed by atoms with van der Waals surface area (Å²) in [5, 5.41) is 3.19. The van der Waals surface area contributed by atoms with E-state index in [1.54, 1.807) is 7.11 Å². The second-order valence-electron chi connectivity index (χ2n) is 7.52. The molecule has 1 fully saturated rings. The standard InChI is InChI=1S/C23H30N2O2/c1-16-13-17(2)22(18(3)14-16)23(26)24-15-21(25-11-5-6-12-25)19-7-9-20(27-4)10-8-19/h7-10,13-14,21H,5-6,11-12,15H2,1-4H3,(H,24,26). The first-order valence-corrected chi connectivity index (χ1v) is 9.73. The second-order valence-corrected chi connectivity index (χ2v) is 7.52. The van der Waals surface area contributed by atoms with Gasteiger partial charge in [-0.2, -0.15) is 0 Å². The van der Waals surface area contributed by atoms with Crippen molar-refractivity contribution in [3.8, 4) is 5.75 Å². The largest absolute Gasteiger partial charge is 0.497 e. The van der Waals surface area contributed by atoms with Crippen molar-refractivity contribution in [2.45, 2.75) is 39.7 Å². The number of carbonyl (C=O) groups excluding carboxylic acids is 1. The molecule has 2 aromatic carbocycles. The zero-order valence-electron chi connectivity index (χ0n) is 16.8. The van der Waals surface area contributed by atoms with Crippen LogP contribution in [0.15, 0.2) is 36.4 Å². The number of amides is 1. The van der Waals surface area contributed by atoms with Gasteiger partial charge in [0.2, 0.25) is 0 Å². The van der Waals surface area contributed by atoms with Crippen molar-refractivity contribution >= 4 is 5.91 Å². The maximum atomic E-state index is 12.9. The van der Waals surface area contributed by atoms with Gasteiger partial charge in [0, 0.05) is 12.1 Å². The molecule has 1 N–H and O–H groups in total. The number of ether oxygens (including phenoxy) is 1. The highest BCUT2D eigenvalue weighted by Gasteiger charge is 2.24. The highest BCUT2D eigenvalue weighted by molar-refractivity contribution is 5.97. The van der Waals surface area contributed by atoms with E-state index in [4.69, 9.17) is 4.74 Å². The Morgan fingerprint density at radius 3 is 2.22 bits per heavy atom. The van der Waals surface area contributed by atoms with Crippen LogP contribution in [-0.4, -0.2) is 37.6 Å². The zero-order valence-corrected chi connectivity index (χ0v) is 16.8. The summed E-state index contributed by atoms with van der Waals surface area (Å²) in [4.78, 5) is 15.4. The van der Waals surface area contributed by atoms with Gasteiger partial charge in [0.05, 0.1) is 13.2 Å². The van der Waals surface area contributed by atoms with Gasteiger partial charge >= 0.3 is 0 Å². The fourth-order valence-electron chi connectivity index (χ4n) is 4.15. The molecule has 2 aromatic rings. The lowest BCUT2D eigenvalue weighted by molar-refractivity contribution is 0.0936. The Labute approximate surface area is 162 Å². The summed E-state index contributed by atoms with van der Waals surface area (Å²) in [5.41, 5.74) is 5.28. The lowest BCUT2D eigenvalue weighted by atomic mass is 9.99. The van der Waals surface area contributed by atoms with E-state index in [1.165, 1.54) is 24.0 Å². The van der Waals surface area contributed by atoms with E-state index in [0.29, 0.717) is 6.54 Å². The topological polar surface area (TPSA) is 41.6 Å². The van der Waals surface area contributed by atoms with Crippen molar-refractivity contribution in [2.75, 3.05) is 26.7 Å². The zero-order chi connectivity index (χ0) is 19.4. The minimum atomic E-state index is 0.0164. The SMILES string of the molecule is COc1ccc(C(CNC(=O)c2c(C)cc(C)cc2C)N2CCCC2)cc1. The van der Waals surface area contributed by atoms with Gasteiger partial charge in [-0.15, -0.1) is 0 Å². The Bertz CT molecular complexity index is 770. The Balaban J connectivity index is 1.77. The first-order chi connectivity index (χ1) is 13.0. The Kier molecular flexibility index (Phi) is 6.17. The number of nitrogens with one attached hydrogen (secondary N) is 1. The number of aryl methyl sites for hydroxylation is 3. The van der Waals surface area contributed by atoms with Gasteiger partial charge in [0.25, 0.3) is 5.91 Å². The monoisotopic (exact) mass is 366 g/mol. The van der Waals surface area contributed by atoms with Gasteiger partial charge in [-0.05, 0) is 75.5 Å². The van der Waals surface area contributed by atoms with Crippen LogP contribution in [0.5, 0.6) is 5.75 Å². The molecule has 4 heteroatoms. The predicted octanol–water partition coefficient (Wildman–Crippen LogP) is 4.19. The molecule has 0 spiro atoms. The fourth-order valence-corrected chi connectivity index (χ4v) is 4.15. The van der Waals surface area contributed by atoms with Crippen LogP contribution in [0.2, 0.25) is 0 Å². The molecule has 1 atom stereocenters. The first kappa shape index (κ1) is 19.4. The number of nitrogens with zero attached hydrogens (tertiary/aromatic N) is 1. The Morgan fingerprint density at radius 2 is 1.67 bits per heavy atom.